The second-order valence-electron chi connectivity index (χ2n) is 4.79. The molecule has 1 aromatic carbocycles. The molecule has 3 nitrogen and oxygen atoms in total. The maximum absolute atomic E-state index is 12.7. The molecule has 0 radical (unpaired) electrons. The zero-order valence-corrected chi connectivity index (χ0v) is 10.5. The summed E-state index contributed by atoms with van der Waals surface area (Å²) >= 11 is 0. The number of aliphatic hydroxyl groups is 1. The highest BCUT2D eigenvalue weighted by molar-refractivity contribution is 5.21. The van der Waals surface area contributed by atoms with Crippen molar-refractivity contribution in [2.45, 2.75) is 12.8 Å². The van der Waals surface area contributed by atoms with Gasteiger partial charge in [0.1, 0.15) is 11.6 Å². The van der Waals surface area contributed by atoms with Crippen LogP contribution in [0.3, 0.4) is 0 Å². The van der Waals surface area contributed by atoms with E-state index in [9.17, 15) is 4.39 Å². The number of ether oxygens (including phenoxy) is 1. The Kier molecular flexibility index (Phi) is 4.96. The Bertz CT molecular complexity index is 355. The van der Waals surface area contributed by atoms with Crippen LogP contribution in [0.1, 0.15) is 12.8 Å². The monoisotopic (exact) mass is 253 g/mol. The first kappa shape index (κ1) is 13.3. The highest BCUT2D eigenvalue weighted by Crippen LogP contribution is 2.16. The van der Waals surface area contributed by atoms with Gasteiger partial charge >= 0.3 is 0 Å². The van der Waals surface area contributed by atoms with Crippen molar-refractivity contribution in [1.29, 1.82) is 0 Å². The SMILES string of the molecule is OCC1CCN(CCCOc2ccc(F)cc2)C1. The van der Waals surface area contributed by atoms with Crippen molar-refractivity contribution in [3.8, 4) is 5.75 Å². The fourth-order valence-corrected chi connectivity index (χ4v) is 2.27. The predicted molar refractivity (Wildman–Crippen MR) is 68.1 cm³/mol. The normalized spacial score (nSPS) is 20.2. The molecule has 4 heteroatoms. The molecule has 0 saturated carbocycles. The van der Waals surface area contributed by atoms with Crippen LogP contribution in [0.5, 0.6) is 5.75 Å². The zero-order chi connectivity index (χ0) is 12.8. The van der Waals surface area contributed by atoms with Crippen molar-refractivity contribution < 1.29 is 14.2 Å². The van der Waals surface area contributed by atoms with E-state index in [0.29, 0.717) is 24.9 Å². The first-order valence-electron chi connectivity index (χ1n) is 6.49. The van der Waals surface area contributed by atoms with Crippen LogP contribution in [0.4, 0.5) is 4.39 Å². The van der Waals surface area contributed by atoms with Crippen molar-refractivity contribution in [3.63, 3.8) is 0 Å². The van der Waals surface area contributed by atoms with E-state index in [0.717, 1.165) is 32.5 Å². The van der Waals surface area contributed by atoms with Crippen molar-refractivity contribution >= 4 is 0 Å². The number of nitrogens with zero attached hydrogens (tertiary/aromatic N) is 1. The molecular weight excluding hydrogens is 233 g/mol. The lowest BCUT2D eigenvalue weighted by Crippen LogP contribution is -2.24. The summed E-state index contributed by atoms with van der Waals surface area (Å²) in [5.74, 6) is 0.920. The van der Waals surface area contributed by atoms with Crippen molar-refractivity contribution in [2.24, 2.45) is 5.92 Å². The van der Waals surface area contributed by atoms with E-state index in [4.69, 9.17) is 9.84 Å². The van der Waals surface area contributed by atoms with Gasteiger partial charge in [-0.1, -0.05) is 0 Å². The molecule has 0 spiro atoms. The van der Waals surface area contributed by atoms with Gasteiger partial charge in [-0.25, -0.2) is 4.39 Å². The summed E-state index contributed by atoms with van der Waals surface area (Å²) in [5, 5.41) is 9.04. The minimum atomic E-state index is -0.241. The summed E-state index contributed by atoms with van der Waals surface area (Å²) in [6, 6.07) is 6.10. The lowest BCUT2D eigenvalue weighted by atomic mass is 10.1. The van der Waals surface area contributed by atoms with Gasteiger partial charge in [0.15, 0.2) is 0 Å². The molecule has 1 N–H and O–H groups in total. The molecule has 1 unspecified atom stereocenters. The molecule has 18 heavy (non-hydrogen) atoms. The molecule has 0 aromatic heterocycles. The Balaban J connectivity index is 1.60. The Morgan fingerprint density at radius 3 is 2.78 bits per heavy atom. The molecule has 1 aliphatic heterocycles. The third-order valence-corrected chi connectivity index (χ3v) is 3.33. The van der Waals surface area contributed by atoms with Crippen molar-refractivity contribution in [2.75, 3.05) is 32.8 Å². The average Bonchev–Trinajstić information content (AvgIpc) is 2.85. The summed E-state index contributed by atoms with van der Waals surface area (Å²) in [6.07, 6.45) is 2.05. The topological polar surface area (TPSA) is 32.7 Å². The Morgan fingerprint density at radius 1 is 1.33 bits per heavy atom. The summed E-state index contributed by atoms with van der Waals surface area (Å²) in [5.41, 5.74) is 0. The van der Waals surface area contributed by atoms with Gasteiger partial charge in [-0.15, -0.1) is 0 Å². The van der Waals surface area contributed by atoms with E-state index in [1.807, 2.05) is 0 Å². The molecule has 1 saturated heterocycles. The van der Waals surface area contributed by atoms with E-state index in [2.05, 4.69) is 4.90 Å². The zero-order valence-electron chi connectivity index (χ0n) is 10.5. The number of halogens is 1. The van der Waals surface area contributed by atoms with Crippen molar-refractivity contribution in [3.05, 3.63) is 30.1 Å². The molecule has 100 valence electrons. The van der Waals surface area contributed by atoms with Crippen molar-refractivity contribution in [1.82, 2.24) is 4.90 Å². The van der Waals surface area contributed by atoms with Gasteiger partial charge in [0.25, 0.3) is 0 Å². The average molecular weight is 253 g/mol. The van der Waals surface area contributed by atoms with Crippen LogP contribution in [0.25, 0.3) is 0 Å². The molecule has 0 bridgehead atoms. The summed E-state index contributed by atoms with van der Waals surface area (Å²) in [4.78, 5) is 2.36. The van der Waals surface area contributed by atoms with Crippen LogP contribution in [0, 0.1) is 11.7 Å². The Labute approximate surface area is 107 Å². The molecule has 1 atom stereocenters. The molecule has 0 amide bonds. The van der Waals surface area contributed by atoms with Crippen LogP contribution in [-0.2, 0) is 0 Å². The minimum absolute atomic E-state index is 0.241. The van der Waals surface area contributed by atoms with E-state index in [-0.39, 0.29) is 5.82 Å². The van der Waals surface area contributed by atoms with Gasteiger partial charge in [-0.05, 0) is 49.6 Å². The minimum Gasteiger partial charge on any atom is -0.494 e. The van der Waals surface area contributed by atoms with Crippen LogP contribution in [0.15, 0.2) is 24.3 Å². The number of aliphatic hydroxyl groups excluding tert-OH is 1. The number of hydrogen-bond acceptors (Lipinski definition) is 3. The molecule has 1 heterocycles. The molecule has 1 aromatic rings. The van der Waals surface area contributed by atoms with Gasteiger partial charge in [0, 0.05) is 19.7 Å². The molecule has 1 aliphatic rings. The highest BCUT2D eigenvalue weighted by atomic mass is 19.1. The first-order valence-corrected chi connectivity index (χ1v) is 6.49. The number of rotatable bonds is 6. The van der Waals surface area contributed by atoms with Crippen LogP contribution in [0.2, 0.25) is 0 Å². The maximum Gasteiger partial charge on any atom is 0.123 e. The third kappa shape index (κ3) is 3.96. The standard InChI is InChI=1S/C14H20FNO2/c15-13-2-4-14(5-3-13)18-9-1-7-16-8-6-12(10-16)11-17/h2-5,12,17H,1,6-11H2. The molecule has 1 fully saturated rings. The second kappa shape index (κ2) is 6.71. The van der Waals surface area contributed by atoms with Gasteiger partial charge in [0.05, 0.1) is 6.61 Å². The lowest BCUT2D eigenvalue weighted by molar-refractivity contribution is 0.215. The van der Waals surface area contributed by atoms with Gasteiger partial charge in [-0.2, -0.15) is 0 Å². The van der Waals surface area contributed by atoms with E-state index < -0.39 is 0 Å². The van der Waals surface area contributed by atoms with Crippen LogP contribution >= 0.6 is 0 Å². The van der Waals surface area contributed by atoms with Crippen LogP contribution < -0.4 is 4.74 Å². The first-order chi connectivity index (χ1) is 8.78. The van der Waals surface area contributed by atoms with E-state index >= 15 is 0 Å². The molecule has 0 aliphatic carbocycles. The quantitative estimate of drug-likeness (QED) is 0.786. The maximum atomic E-state index is 12.7. The van der Waals surface area contributed by atoms with Gasteiger partial charge in [0.2, 0.25) is 0 Å². The number of hydrogen-bond donors (Lipinski definition) is 1. The van der Waals surface area contributed by atoms with Crippen LogP contribution in [-0.4, -0.2) is 42.9 Å². The Hall–Kier alpha value is -1.13. The second-order valence-corrected chi connectivity index (χ2v) is 4.79. The molecular formula is C14H20FNO2. The number of likely N-dealkylation sites (tertiary alicyclic amines) is 1. The fraction of sp³-hybridized carbons (Fsp3) is 0.571. The lowest BCUT2D eigenvalue weighted by Gasteiger charge is -2.15. The third-order valence-electron chi connectivity index (χ3n) is 3.33. The van der Waals surface area contributed by atoms with Gasteiger partial charge in [-0.3, -0.25) is 0 Å². The summed E-state index contributed by atoms with van der Waals surface area (Å²) in [7, 11) is 0. The van der Waals surface area contributed by atoms with E-state index in [1.165, 1.54) is 12.1 Å². The van der Waals surface area contributed by atoms with Gasteiger partial charge < -0.3 is 14.7 Å². The highest BCUT2D eigenvalue weighted by Gasteiger charge is 2.20. The molecule has 2 rings (SSSR count). The van der Waals surface area contributed by atoms with E-state index in [1.54, 1.807) is 12.1 Å². The smallest absolute Gasteiger partial charge is 0.123 e. The summed E-state index contributed by atoms with van der Waals surface area (Å²) < 4.78 is 18.2. The largest absolute Gasteiger partial charge is 0.494 e. The predicted octanol–water partition coefficient (Wildman–Crippen LogP) is 1.91. The Morgan fingerprint density at radius 2 is 2.11 bits per heavy atom. The fourth-order valence-electron chi connectivity index (χ4n) is 2.27. The number of benzene rings is 1. The summed E-state index contributed by atoms with van der Waals surface area (Å²) in [6.45, 7) is 4.00.